The van der Waals surface area contributed by atoms with E-state index in [0.717, 1.165) is 0 Å². The van der Waals surface area contributed by atoms with Crippen LogP contribution in [0.15, 0.2) is 22.8 Å². The van der Waals surface area contributed by atoms with Gasteiger partial charge in [-0.2, -0.15) is 0 Å². The number of hydrogen-bond donors (Lipinski definition) is 2. The van der Waals surface area contributed by atoms with E-state index in [-0.39, 0.29) is 12.3 Å². The van der Waals surface area contributed by atoms with E-state index < -0.39 is 23.3 Å². The molecule has 0 aromatic carbocycles. The third kappa shape index (κ3) is 4.62. The van der Waals surface area contributed by atoms with E-state index in [1.807, 2.05) is 6.92 Å². The fourth-order valence-electron chi connectivity index (χ4n) is 1.95. The van der Waals surface area contributed by atoms with E-state index in [1.54, 1.807) is 13.0 Å². The predicted molar refractivity (Wildman–Crippen MR) is 74.5 cm³/mol. The summed E-state index contributed by atoms with van der Waals surface area (Å²) < 4.78 is 9.60. The van der Waals surface area contributed by atoms with Gasteiger partial charge in [0, 0.05) is 0 Å². The fourth-order valence-corrected chi connectivity index (χ4v) is 1.95. The quantitative estimate of drug-likeness (QED) is 0.727. The summed E-state index contributed by atoms with van der Waals surface area (Å²) in [4.78, 5) is 35.2. The molecule has 0 saturated carbocycles. The Morgan fingerprint density at radius 2 is 2.10 bits per heavy atom. The zero-order valence-corrected chi connectivity index (χ0v) is 12.4. The second kappa shape index (κ2) is 7.47. The number of methoxy groups -OCH3 is 1. The number of rotatable bonds is 7. The first-order valence-corrected chi connectivity index (χ1v) is 6.64. The molecule has 1 unspecified atom stereocenters. The molecule has 0 spiro atoms. The lowest BCUT2D eigenvalue weighted by molar-refractivity contribution is -0.150. The molecule has 116 valence electrons. The van der Waals surface area contributed by atoms with Crippen LogP contribution < -0.4 is 10.6 Å². The van der Waals surface area contributed by atoms with Crippen LogP contribution in [-0.2, 0) is 14.3 Å². The van der Waals surface area contributed by atoms with Crippen molar-refractivity contribution in [2.45, 2.75) is 32.2 Å². The highest BCUT2D eigenvalue weighted by Gasteiger charge is 2.35. The van der Waals surface area contributed by atoms with E-state index in [0.29, 0.717) is 12.8 Å². The van der Waals surface area contributed by atoms with Gasteiger partial charge in [0.25, 0.3) is 5.91 Å². The Hall–Kier alpha value is -2.31. The molecule has 7 nitrogen and oxygen atoms in total. The average Bonchev–Trinajstić information content (AvgIpc) is 2.98. The molecule has 0 aliphatic carbocycles. The van der Waals surface area contributed by atoms with Crippen molar-refractivity contribution in [2.75, 3.05) is 13.7 Å². The summed E-state index contributed by atoms with van der Waals surface area (Å²) in [5, 5.41) is 5.00. The summed E-state index contributed by atoms with van der Waals surface area (Å²) in [6.45, 7) is 3.23. The molecule has 0 saturated heterocycles. The van der Waals surface area contributed by atoms with E-state index >= 15 is 0 Å². The first-order valence-electron chi connectivity index (χ1n) is 6.64. The molecule has 0 fully saturated rings. The van der Waals surface area contributed by atoms with Gasteiger partial charge >= 0.3 is 5.97 Å². The van der Waals surface area contributed by atoms with Crippen LogP contribution in [0.1, 0.15) is 37.2 Å². The number of carbonyl (C=O) groups is 3. The van der Waals surface area contributed by atoms with Crippen LogP contribution in [0.3, 0.4) is 0 Å². The van der Waals surface area contributed by atoms with Crippen molar-refractivity contribution in [3.63, 3.8) is 0 Å². The van der Waals surface area contributed by atoms with Crippen molar-refractivity contribution in [1.29, 1.82) is 0 Å². The molecular weight excluding hydrogens is 276 g/mol. The highest BCUT2D eigenvalue weighted by atomic mass is 16.5. The van der Waals surface area contributed by atoms with E-state index in [4.69, 9.17) is 9.15 Å². The van der Waals surface area contributed by atoms with Gasteiger partial charge in [-0.15, -0.1) is 0 Å². The summed E-state index contributed by atoms with van der Waals surface area (Å²) in [7, 11) is 1.26. The molecule has 1 heterocycles. The summed E-state index contributed by atoms with van der Waals surface area (Å²) in [6, 6.07) is 3.06. The third-order valence-corrected chi connectivity index (χ3v) is 2.96. The summed E-state index contributed by atoms with van der Waals surface area (Å²) >= 11 is 0. The van der Waals surface area contributed by atoms with Crippen LogP contribution in [0.4, 0.5) is 0 Å². The van der Waals surface area contributed by atoms with Crippen molar-refractivity contribution in [2.24, 2.45) is 0 Å². The number of nitrogens with one attached hydrogen (secondary N) is 2. The van der Waals surface area contributed by atoms with E-state index in [9.17, 15) is 14.4 Å². The lowest BCUT2D eigenvalue weighted by atomic mass is 9.96. The monoisotopic (exact) mass is 296 g/mol. The zero-order valence-electron chi connectivity index (χ0n) is 12.4. The minimum Gasteiger partial charge on any atom is -0.467 e. The van der Waals surface area contributed by atoms with Gasteiger partial charge in [-0.25, -0.2) is 4.79 Å². The molecule has 7 heteroatoms. The molecule has 0 bridgehead atoms. The van der Waals surface area contributed by atoms with Crippen LogP contribution in [0.2, 0.25) is 0 Å². The van der Waals surface area contributed by atoms with Crippen molar-refractivity contribution < 1.29 is 23.5 Å². The molecule has 0 aliphatic heterocycles. The highest BCUT2D eigenvalue weighted by molar-refractivity contribution is 5.95. The lowest BCUT2D eigenvalue weighted by Gasteiger charge is -2.27. The van der Waals surface area contributed by atoms with E-state index in [2.05, 4.69) is 10.6 Å². The van der Waals surface area contributed by atoms with Gasteiger partial charge in [-0.05, 0) is 25.5 Å². The number of amides is 2. The largest absolute Gasteiger partial charge is 0.467 e. The Morgan fingerprint density at radius 1 is 1.38 bits per heavy atom. The van der Waals surface area contributed by atoms with Gasteiger partial charge in [0.1, 0.15) is 5.54 Å². The SMILES string of the molecule is CCCC(C)(NC(=O)CNC(=O)c1ccco1)C(=O)OC. The summed E-state index contributed by atoms with van der Waals surface area (Å²) in [5.74, 6) is -1.37. The minimum atomic E-state index is -1.10. The lowest BCUT2D eigenvalue weighted by Crippen LogP contribution is -2.54. The molecule has 0 radical (unpaired) electrons. The van der Waals surface area contributed by atoms with Crippen molar-refractivity contribution in [1.82, 2.24) is 10.6 Å². The second-order valence-electron chi connectivity index (χ2n) is 4.78. The maximum atomic E-state index is 11.9. The topological polar surface area (TPSA) is 97.6 Å². The maximum Gasteiger partial charge on any atom is 0.331 e. The first kappa shape index (κ1) is 16.7. The van der Waals surface area contributed by atoms with Crippen LogP contribution >= 0.6 is 0 Å². The van der Waals surface area contributed by atoms with Crippen molar-refractivity contribution >= 4 is 17.8 Å². The van der Waals surface area contributed by atoms with Crippen molar-refractivity contribution in [3.8, 4) is 0 Å². The van der Waals surface area contributed by atoms with Gasteiger partial charge in [0.15, 0.2) is 5.76 Å². The molecule has 1 atom stereocenters. The Balaban J connectivity index is 2.55. The Bertz CT molecular complexity index is 497. The number of furan rings is 1. The van der Waals surface area contributed by atoms with Crippen molar-refractivity contribution in [3.05, 3.63) is 24.2 Å². The number of hydrogen-bond acceptors (Lipinski definition) is 5. The normalized spacial score (nSPS) is 13.1. The molecular formula is C14H20N2O5. The average molecular weight is 296 g/mol. The molecule has 1 aromatic rings. The fraction of sp³-hybridized carbons (Fsp3) is 0.500. The number of esters is 1. The van der Waals surface area contributed by atoms with Gasteiger partial charge in [-0.3, -0.25) is 9.59 Å². The Morgan fingerprint density at radius 3 is 2.62 bits per heavy atom. The standard InChI is InChI=1S/C14H20N2O5/c1-4-7-14(2,13(19)20-3)16-11(17)9-15-12(18)10-6-5-8-21-10/h5-6,8H,4,7,9H2,1-3H3,(H,15,18)(H,16,17). The van der Waals surface area contributed by atoms with Gasteiger partial charge < -0.3 is 19.8 Å². The Kier molecular flexibility index (Phi) is 5.95. The smallest absolute Gasteiger partial charge is 0.331 e. The molecule has 1 rings (SSSR count). The van der Waals surface area contributed by atoms with Crippen LogP contribution in [0, 0.1) is 0 Å². The molecule has 21 heavy (non-hydrogen) atoms. The Labute approximate surface area is 123 Å². The van der Waals surface area contributed by atoms with Gasteiger partial charge in [0.05, 0.1) is 19.9 Å². The van der Waals surface area contributed by atoms with Gasteiger partial charge in [0.2, 0.25) is 5.91 Å². The minimum absolute atomic E-state index is 0.118. The summed E-state index contributed by atoms with van der Waals surface area (Å²) in [5.41, 5.74) is -1.10. The van der Waals surface area contributed by atoms with Gasteiger partial charge in [-0.1, -0.05) is 13.3 Å². The molecule has 2 N–H and O–H groups in total. The second-order valence-corrected chi connectivity index (χ2v) is 4.78. The maximum absolute atomic E-state index is 11.9. The molecule has 1 aromatic heterocycles. The van der Waals surface area contributed by atoms with Crippen LogP contribution in [0.25, 0.3) is 0 Å². The van der Waals surface area contributed by atoms with Crippen LogP contribution in [0.5, 0.6) is 0 Å². The number of ether oxygens (including phenoxy) is 1. The van der Waals surface area contributed by atoms with E-state index in [1.165, 1.54) is 19.4 Å². The zero-order chi connectivity index (χ0) is 15.9. The third-order valence-electron chi connectivity index (χ3n) is 2.96. The predicted octanol–water partition coefficient (Wildman–Crippen LogP) is 0.857. The van der Waals surface area contributed by atoms with Crippen LogP contribution in [-0.4, -0.2) is 37.0 Å². The first-order chi connectivity index (χ1) is 9.92. The summed E-state index contributed by atoms with van der Waals surface area (Å²) in [6.07, 6.45) is 2.51. The highest BCUT2D eigenvalue weighted by Crippen LogP contribution is 2.14. The number of carbonyl (C=O) groups excluding carboxylic acids is 3. The molecule has 2 amide bonds. The molecule has 0 aliphatic rings.